The lowest BCUT2D eigenvalue weighted by Crippen LogP contribution is -2.67. The lowest BCUT2D eigenvalue weighted by Gasteiger charge is -2.52. The Morgan fingerprint density at radius 3 is 1.26 bits per heavy atom. The molecule has 1 N–H and O–H groups in total. The largest absolute Gasteiger partial charge is 0.362 e. The minimum absolute atomic E-state index is 0.0831. The number of nitrogens with zero attached hydrogens (tertiary/aromatic N) is 3. The predicted molar refractivity (Wildman–Crippen MR) is 79.4 cm³/mol. The summed E-state index contributed by atoms with van der Waals surface area (Å²) in [6.07, 6.45) is 0.0831. The highest BCUT2D eigenvalue weighted by molar-refractivity contribution is 4.94. The topological polar surface area (TPSA) is 50.5 Å². The highest BCUT2D eigenvalue weighted by atomic mass is 16.3. The van der Waals surface area contributed by atoms with E-state index in [1.165, 1.54) is 0 Å². The maximum Gasteiger partial charge on any atom is 0.191 e. The minimum atomic E-state index is -1.22. The molecule has 0 unspecified atom stereocenters. The molecule has 0 radical (unpaired) electrons. The van der Waals surface area contributed by atoms with E-state index in [4.69, 9.17) is 5.26 Å². The summed E-state index contributed by atoms with van der Waals surface area (Å²) >= 11 is 0. The second-order valence-corrected chi connectivity index (χ2v) is 6.30. The van der Waals surface area contributed by atoms with Gasteiger partial charge in [-0.2, -0.15) is 5.26 Å². The van der Waals surface area contributed by atoms with Crippen molar-refractivity contribution in [2.24, 2.45) is 0 Å². The van der Waals surface area contributed by atoms with Crippen molar-refractivity contribution < 1.29 is 5.11 Å². The van der Waals surface area contributed by atoms with E-state index in [9.17, 15) is 5.11 Å². The van der Waals surface area contributed by atoms with Crippen LogP contribution in [0.4, 0.5) is 0 Å². The molecular weight excluding hydrogens is 238 g/mol. The molecule has 0 amide bonds. The average Bonchev–Trinajstić information content (AvgIpc) is 2.13. The summed E-state index contributed by atoms with van der Waals surface area (Å²) in [5.74, 6) is -1.22. The van der Waals surface area contributed by atoms with Crippen LogP contribution in [0.3, 0.4) is 0 Å². The van der Waals surface area contributed by atoms with Crippen molar-refractivity contribution >= 4 is 0 Å². The fourth-order valence-electron chi connectivity index (χ4n) is 3.27. The Morgan fingerprint density at radius 1 is 0.842 bits per heavy atom. The molecule has 0 atom stereocenters. The Kier molecular flexibility index (Phi) is 6.99. The fourth-order valence-corrected chi connectivity index (χ4v) is 3.27. The van der Waals surface area contributed by atoms with Gasteiger partial charge in [0.1, 0.15) is 0 Å². The maximum absolute atomic E-state index is 11.2. The van der Waals surface area contributed by atoms with Gasteiger partial charge in [0, 0.05) is 24.2 Å². The smallest absolute Gasteiger partial charge is 0.191 e. The minimum Gasteiger partial charge on any atom is -0.362 e. The van der Waals surface area contributed by atoms with Crippen LogP contribution in [0, 0.1) is 11.3 Å². The van der Waals surface area contributed by atoms with E-state index in [0.29, 0.717) is 0 Å². The van der Waals surface area contributed by atoms with E-state index in [2.05, 4.69) is 61.5 Å². The molecule has 0 aromatic rings. The normalized spacial score (nSPS) is 13.4. The van der Waals surface area contributed by atoms with Crippen LogP contribution in [0.5, 0.6) is 0 Å². The second-order valence-electron chi connectivity index (χ2n) is 6.30. The summed E-state index contributed by atoms with van der Waals surface area (Å²) in [6.45, 7) is 16.5. The molecule has 0 saturated carbocycles. The molecule has 112 valence electrons. The summed E-state index contributed by atoms with van der Waals surface area (Å²) in [5, 5.41) is 20.4. The van der Waals surface area contributed by atoms with Crippen LogP contribution >= 0.6 is 0 Å². The van der Waals surface area contributed by atoms with Crippen molar-refractivity contribution in [3.63, 3.8) is 0 Å². The number of hydrogen-bond donors (Lipinski definition) is 1. The highest BCUT2D eigenvalue weighted by Gasteiger charge is 2.45. The Balaban J connectivity index is 5.73. The highest BCUT2D eigenvalue weighted by Crippen LogP contribution is 2.30. The first kappa shape index (κ1) is 18.4. The first-order valence-corrected chi connectivity index (χ1v) is 7.25. The summed E-state index contributed by atoms with van der Waals surface area (Å²) in [5.41, 5.74) is 0. The summed E-state index contributed by atoms with van der Waals surface area (Å²) in [4.78, 5) is 4.05. The van der Waals surface area contributed by atoms with Gasteiger partial charge < -0.3 is 5.11 Å². The average molecular weight is 269 g/mol. The van der Waals surface area contributed by atoms with Gasteiger partial charge >= 0.3 is 0 Å². The number of rotatable bonds is 7. The fraction of sp³-hybridized carbons (Fsp3) is 0.933. The molecule has 0 saturated heterocycles. The van der Waals surface area contributed by atoms with Crippen molar-refractivity contribution in [3.05, 3.63) is 0 Å². The Bertz CT molecular complexity index is 269. The summed E-state index contributed by atoms with van der Waals surface area (Å²) in [6, 6.07) is 2.82. The molecule has 0 heterocycles. The zero-order valence-electron chi connectivity index (χ0n) is 13.8. The van der Waals surface area contributed by atoms with Crippen LogP contribution in [0.15, 0.2) is 0 Å². The molecule has 4 nitrogen and oxygen atoms in total. The van der Waals surface area contributed by atoms with Gasteiger partial charge in [-0.05, 0) is 55.4 Å². The third kappa shape index (κ3) is 4.17. The van der Waals surface area contributed by atoms with Gasteiger partial charge in [-0.3, -0.25) is 9.80 Å². The molecule has 0 spiro atoms. The van der Waals surface area contributed by atoms with Gasteiger partial charge in [0.2, 0.25) is 0 Å². The number of aliphatic hydroxyl groups is 1. The van der Waals surface area contributed by atoms with Crippen molar-refractivity contribution in [1.82, 2.24) is 9.80 Å². The van der Waals surface area contributed by atoms with Gasteiger partial charge in [-0.15, -0.1) is 0 Å². The molecule has 0 aromatic heterocycles. The molecule has 0 aliphatic heterocycles. The van der Waals surface area contributed by atoms with Crippen LogP contribution in [0.25, 0.3) is 0 Å². The standard InChI is InChI=1S/C15H31N3O/c1-11(2)17(12(3)4)15(19,9-10-16)18(13(5)6)14(7)8/h11-14,19H,9H2,1-8H3. The third-order valence-corrected chi connectivity index (χ3v) is 3.37. The first-order chi connectivity index (χ1) is 8.59. The molecular formula is C15H31N3O. The van der Waals surface area contributed by atoms with Crippen LogP contribution in [0.1, 0.15) is 61.8 Å². The Morgan fingerprint density at radius 2 is 1.11 bits per heavy atom. The maximum atomic E-state index is 11.2. The Labute approximate surface area is 119 Å². The van der Waals surface area contributed by atoms with Crippen molar-refractivity contribution in [2.75, 3.05) is 0 Å². The van der Waals surface area contributed by atoms with E-state index in [-0.39, 0.29) is 30.6 Å². The third-order valence-electron chi connectivity index (χ3n) is 3.37. The SMILES string of the molecule is CC(C)N(C(C)C)C(O)(CC#N)N(C(C)C)C(C)C. The van der Waals surface area contributed by atoms with E-state index in [1.54, 1.807) is 0 Å². The van der Waals surface area contributed by atoms with Gasteiger partial charge in [-0.25, -0.2) is 0 Å². The van der Waals surface area contributed by atoms with Crippen LogP contribution in [-0.4, -0.2) is 44.9 Å². The molecule has 0 aromatic carbocycles. The van der Waals surface area contributed by atoms with E-state index >= 15 is 0 Å². The van der Waals surface area contributed by atoms with Crippen LogP contribution < -0.4 is 0 Å². The van der Waals surface area contributed by atoms with Crippen molar-refractivity contribution in [3.8, 4) is 6.07 Å². The van der Waals surface area contributed by atoms with Crippen molar-refractivity contribution in [1.29, 1.82) is 5.26 Å². The summed E-state index contributed by atoms with van der Waals surface area (Å²) in [7, 11) is 0. The molecule has 0 aliphatic rings. The molecule has 4 heteroatoms. The van der Waals surface area contributed by atoms with Crippen molar-refractivity contribution in [2.45, 2.75) is 91.8 Å². The lowest BCUT2D eigenvalue weighted by atomic mass is 10.1. The zero-order valence-corrected chi connectivity index (χ0v) is 13.8. The molecule has 19 heavy (non-hydrogen) atoms. The lowest BCUT2D eigenvalue weighted by molar-refractivity contribution is -0.252. The number of nitriles is 1. The predicted octanol–water partition coefficient (Wildman–Crippen LogP) is 2.78. The Hall–Kier alpha value is -0.630. The molecule has 0 rings (SSSR count). The van der Waals surface area contributed by atoms with Gasteiger partial charge in [-0.1, -0.05) is 0 Å². The van der Waals surface area contributed by atoms with Crippen LogP contribution in [0.2, 0.25) is 0 Å². The zero-order chi connectivity index (χ0) is 15.4. The molecule has 0 aliphatic carbocycles. The van der Waals surface area contributed by atoms with Gasteiger partial charge in [0.25, 0.3) is 0 Å². The van der Waals surface area contributed by atoms with Crippen LogP contribution in [-0.2, 0) is 0 Å². The first-order valence-electron chi connectivity index (χ1n) is 7.25. The van der Waals surface area contributed by atoms with Gasteiger partial charge in [0.05, 0.1) is 12.5 Å². The molecule has 0 bridgehead atoms. The quantitative estimate of drug-likeness (QED) is 0.722. The van der Waals surface area contributed by atoms with E-state index < -0.39 is 5.85 Å². The second kappa shape index (κ2) is 7.23. The van der Waals surface area contributed by atoms with Gasteiger partial charge in [0.15, 0.2) is 5.85 Å². The van der Waals surface area contributed by atoms with E-state index in [0.717, 1.165) is 0 Å². The number of hydrogen-bond acceptors (Lipinski definition) is 4. The monoisotopic (exact) mass is 269 g/mol. The molecule has 0 fully saturated rings. The summed E-state index contributed by atoms with van der Waals surface area (Å²) < 4.78 is 0. The van der Waals surface area contributed by atoms with E-state index in [1.807, 2.05) is 9.80 Å².